The number of rotatable bonds is 20. The van der Waals surface area contributed by atoms with Crippen molar-refractivity contribution in [3.63, 3.8) is 0 Å². The van der Waals surface area contributed by atoms with E-state index in [2.05, 4.69) is 18.5 Å². The van der Waals surface area contributed by atoms with Crippen molar-refractivity contribution < 1.29 is 57.1 Å². The predicted octanol–water partition coefficient (Wildman–Crippen LogP) is 13.6. The summed E-state index contributed by atoms with van der Waals surface area (Å²) in [5.41, 5.74) is -0.973. The third-order valence-electron chi connectivity index (χ3n) is 11.6. The van der Waals surface area contributed by atoms with Gasteiger partial charge in [-0.15, -0.1) is 13.2 Å². The number of halogens is 5. The van der Waals surface area contributed by atoms with Crippen LogP contribution < -0.4 is 33.7 Å². The van der Waals surface area contributed by atoms with Crippen molar-refractivity contribution in [3.8, 4) is 34.5 Å². The summed E-state index contributed by atoms with van der Waals surface area (Å²) < 4.78 is 42.6. The number of benzene rings is 4. The van der Waals surface area contributed by atoms with Gasteiger partial charge in [-0.1, -0.05) is 70.7 Å². The van der Waals surface area contributed by atoms with Crippen LogP contribution in [0, 0.1) is 0 Å². The molecule has 4 aromatic carbocycles. The average Bonchev–Trinajstić information content (AvgIpc) is 3.37. The van der Waals surface area contributed by atoms with Crippen LogP contribution in [0.2, 0.25) is 20.1 Å². The van der Waals surface area contributed by atoms with Gasteiger partial charge in [-0.2, -0.15) is 27.0 Å². The van der Waals surface area contributed by atoms with Gasteiger partial charge in [0.1, 0.15) is 11.2 Å². The molecule has 0 bridgehead atoms. The third-order valence-corrected chi connectivity index (χ3v) is 13.3. The highest BCUT2D eigenvalue weighted by molar-refractivity contribution is 7.59. The van der Waals surface area contributed by atoms with Crippen molar-refractivity contribution in [3.05, 3.63) is 128 Å². The monoisotopic (exact) mass is 1240 g/mol. The number of carbonyl (C=O) groups excluding carboxylic acids is 4. The number of methoxy groups -OCH3 is 6. The highest BCUT2D eigenvalue weighted by atomic mass is 35.5. The fraction of sp³-hybridized carbons (Fsp3) is 0.429. The predicted molar refractivity (Wildman–Crippen MR) is 328 cm³/mol. The minimum Gasteiger partial charge on any atom is -0.493 e. The van der Waals surface area contributed by atoms with E-state index < -0.39 is 39.7 Å². The topological polar surface area (TPSA) is 164 Å². The first-order valence-electron chi connectivity index (χ1n) is 23.7. The SMILES string of the molecule is C=CC[C@@](CN(C)C(=O)c1cc(OC)c(OC)c(OC)c1)(c1ccc(Cl)c(Cl)c1)N(C)C(=O)OC(C)(C)C.C=CC[C@@](CNC)(c1ccc(Cl)c(Cl)c1)N(C)C(=O)OC(C)(C)C.COc1cc(C(=O)Cl)cc(OC)c1OC.S.S. The van der Waals surface area contributed by atoms with Crippen LogP contribution in [0.15, 0.2) is 86.0 Å². The van der Waals surface area contributed by atoms with Gasteiger partial charge in [0.05, 0.1) is 73.8 Å². The molecule has 0 radical (unpaired) electrons. The second-order valence-electron chi connectivity index (χ2n) is 19.2. The maximum Gasteiger partial charge on any atom is 0.410 e. The smallest absolute Gasteiger partial charge is 0.410 e. The summed E-state index contributed by atoms with van der Waals surface area (Å²) >= 11 is 30.2. The number of hydrogen-bond donors (Lipinski definition) is 1. The van der Waals surface area contributed by atoms with E-state index in [0.29, 0.717) is 84.2 Å². The molecule has 0 unspecified atom stereocenters. The molecular formula is C56H77Cl5N4O12S2. The molecule has 0 aliphatic carbocycles. The van der Waals surface area contributed by atoms with Crippen molar-refractivity contribution in [1.82, 2.24) is 20.0 Å². The molecule has 0 fully saturated rings. The summed E-state index contributed by atoms with van der Waals surface area (Å²) in [6.45, 7) is 19.2. The second kappa shape index (κ2) is 33.0. The Kier molecular flexibility index (Phi) is 30.9. The second-order valence-corrected chi connectivity index (χ2v) is 21.2. The minimum atomic E-state index is -1.09. The van der Waals surface area contributed by atoms with Crippen LogP contribution in [0.4, 0.5) is 9.59 Å². The van der Waals surface area contributed by atoms with Gasteiger partial charge >= 0.3 is 12.2 Å². The van der Waals surface area contributed by atoms with Gasteiger partial charge in [0, 0.05) is 45.4 Å². The number of nitrogens with zero attached hydrogens (tertiary/aromatic N) is 3. The lowest BCUT2D eigenvalue weighted by atomic mass is 9.84. The summed E-state index contributed by atoms with van der Waals surface area (Å²) in [4.78, 5) is 55.3. The fourth-order valence-electron chi connectivity index (χ4n) is 7.89. The Hall–Kier alpha value is -5.05. The molecule has 4 rings (SSSR count). The number of ether oxygens (including phenoxy) is 8. The number of amides is 3. The molecule has 0 spiro atoms. The van der Waals surface area contributed by atoms with Crippen molar-refractivity contribution in [2.24, 2.45) is 0 Å². The van der Waals surface area contributed by atoms with E-state index in [9.17, 15) is 19.2 Å². The molecule has 3 amide bonds. The lowest BCUT2D eigenvalue weighted by molar-refractivity contribution is -0.00266. The summed E-state index contributed by atoms with van der Waals surface area (Å²) in [7, 11) is 15.7. The van der Waals surface area contributed by atoms with Crippen LogP contribution in [-0.4, -0.2) is 133 Å². The Bertz CT molecular complexity index is 2660. The number of likely N-dealkylation sites (N-methyl/N-ethyl adjacent to an activating group) is 4. The van der Waals surface area contributed by atoms with Gasteiger partial charge in [-0.05, 0) is 133 Å². The highest BCUT2D eigenvalue weighted by Gasteiger charge is 2.43. The summed E-state index contributed by atoms with van der Waals surface area (Å²) in [5, 5.41) is 4.17. The van der Waals surface area contributed by atoms with Gasteiger partial charge in [0.25, 0.3) is 11.1 Å². The molecule has 23 heteroatoms. The molecule has 2 atom stereocenters. The zero-order chi connectivity index (χ0) is 58.8. The normalized spacial score (nSPS) is 12.2. The van der Waals surface area contributed by atoms with Gasteiger partial charge in [0.15, 0.2) is 23.0 Å². The molecule has 16 nitrogen and oxygen atoms in total. The molecule has 0 aromatic heterocycles. The van der Waals surface area contributed by atoms with Crippen LogP contribution >= 0.6 is 85.0 Å². The first kappa shape index (κ1) is 74.0. The maximum absolute atomic E-state index is 13.7. The zero-order valence-corrected chi connectivity index (χ0v) is 53.6. The molecule has 0 saturated heterocycles. The van der Waals surface area contributed by atoms with E-state index in [0.717, 1.165) is 5.56 Å². The van der Waals surface area contributed by atoms with Gasteiger partial charge < -0.3 is 48.1 Å². The Balaban J connectivity index is 0.00000127. The van der Waals surface area contributed by atoms with Gasteiger partial charge in [0.2, 0.25) is 11.5 Å². The first-order chi connectivity index (χ1) is 35.9. The number of nitrogens with one attached hydrogen (secondary N) is 1. The van der Waals surface area contributed by atoms with Crippen LogP contribution in [0.5, 0.6) is 34.5 Å². The first-order valence-corrected chi connectivity index (χ1v) is 25.6. The number of hydrogen-bond acceptors (Lipinski definition) is 13. The van der Waals surface area contributed by atoms with E-state index in [1.54, 1.807) is 101 Å². The van der Waals surface area contributed by atoms with Gasteiger partial charge in [-0.3, -0.25) is 19.4 Å². The fourth-order valence-corrected chi connectivity index (χ4v) is 8.59. The summed E-state index contributed by atoms with van der Waals surface area (Å²) in [6.07, 6.45) is 3.29. The molecule has 79 heavy (non-hydrogen) atoms. The lowest BCUT2D eigenvalue weighted by Crippen LogP contribution is -2.55. The Morgan fingerprint density at radius 3 is 1.19 bits per heavy atom. The van der Waals surface area contributed by atoms with E-state index in [1.165, 1.54) is 64.6 Å². The van der Waals surface area contributed by atoms with E-state index in [-0.39, 0.29) is 45.9 Å². The quantitative estimate of drug-likeness (QED) is 0.0657. The van der Waals surface area contributed by atoms with Crippen LogP contribution in [0.3, 0.4) is 0 Å². The molecule has 0 heterocycles. The molecule has 1 N–H and O–H groups in total. The average molecular weight is 1240 g/mol. The number of carbonyl (C=O) groups is 4. The van der Waals surface area contributed by atoms with Crippen LogP contribution in [0.25, 0.3) is 0 Å². The van der Waals surface area contributed by atoms with Crippen LogP contribution in [0.1, 0.15) is 86.2 Å². The molecule has 0 saturated carbocycles. The maximum atomic E-state index is 13.7. The zero-order valence-electron chi connectivity index (χ0n) is 47.8. The van der Waals surface area contributed by atoms with Crippen LogP contribution in [-0.2, 0) is 20.6 Å². The Labute approximate surface area is 505 Å². The third kappa shape index (κ3) is 19.9. The van der Waals surface area contributed by atoms with E-state index in [1.807, 2.05) is 33.9 Å². The lowest BCUT2D eigenvalue weighted by Gasteiger charge is -2.44. The van der Waals surface area contributed by atoms with Crippen molar-refractivity contribution >= 4 is 108 Å². The minimum absolute atomic E-state index is 0. The molecule has 440 valence electrons. The van der Waals surface area contributed by atoms with E-state index >= 15 is 0 Å². The van der Waals surface area contributed by atoms with E-state index in [4.69, 9.17) is 95.9 Å². The molecule has 4 aromatic rings. The largest absolute Gasteiger partial charge is 0.493 e. The summed E-state index contributed by atoms with van der Waals surface area (Å²) in [5.74, 6) is 1.96. The molecule has 0 aliphatic heterocycles. The Morgan fingerprint density at radius 2 is 0.886 bits per heavy atom. The molecular weight excluding hydrogens is 1160 g/mol. The summed E-state index contributed by atoms with van der Waals surface area (Å²) in [6, 6.07) is 16.6. The van der Waals surface area contributed by atoms with Crippen molar-refractivity contribution in [2.75, 3.05) is 83.9 Å². The standard InChI is InChI=1S/C28H36Cl2N2O6.C18H26Cl2N2O2.C10H11ClO4.2H2S/c1-10-13-28(19-11-12-20(29)21(30)16-19,32(6)26(34)38-27(2,3)4)17-31(5)25(33)18-14-22(35-7)24(37-9)23(15-18)36-8;1-7-10-18(12-21-5,13-8-9-14(19)15(20)11-13)22(6)16(23)24-17(2,3)4;1-13-7-4-6(10(11)12)5-8(14-2)9(7)15-3;;/h10-12,14-16H,1,13,17H2,2-9H3;7-9,11,21H,1,10,12H2,2-6H3;4-5H,1-3H3;2*1H2/t28-;18-;;;/m11.../s1. The Morgan fingerprint density at radius 1 is 0.544 bits per heavy atom. The molecule has 0 aliphatic rings. The van der Waals surface area contributed by atoms with Crippen molar-refractivity contribution in [2.45, 2.75) is 76.7 Å². The van der Waals surface area contributed by atoms with Crippen molar-refractivity contribution in [1.29, 1.82) is 0 Å². The highest BCUT2D eigenvalue weighted by Crippen LogP contribution is 2.42. The van der Waals surface area contributed by atoms with Gasteiger partial charge in [-0.25, -0.2) is 9.59 Å².